The number of hydrogen-bond donors (Lipinski definition) is 0. The highest BCUT2D eigenvalue weighted by Crippen LogP contribution is 2.35. The van der Waals surface area contributed by atoms with Crippen LogP contribution in [0.5, 0.6) is 0 Å². The van der Waals surface area contributed by atoms with Gasteiger partial charge >= 0.3 is 0 Å². The summed E-state index contributed by atoms with van der Waals surface area (Å²) in [5.74, 6) is 0. The van der Waals surface area contributed by atoms with Crippen molar-refractivity contribution in [2.75, 3.05) is 0 Å². The van der Waals surface area contributed by atoms with Crippen LogP contribution in [-0.4, -0.2) is 1.43 Å². The van der Waals surface area contributed by atoms with Gasteiger partial charge in [-0.05, 0) is 6.42 Å². The minimum Gasteiger partial charge on any atom is -0.0821 e. The van der Waals surface area contributed by atoms with E-state index in [1.54, 1.807) is 0 Å². The van der Waals surface area contributed by atoms with E-state index in [9.17, 15) is 0 Å². The van der Waals surface area contributed by atoms with Crippen molar-refractivity contribution in [1.29, 1.82) is 0 Å². The van der Waals surface area contributed by atoms with E-state index < -0.39 is 0 Å². The summed E-state index contributed by atoms with van der Waals surface area (Å²) in [5, 5.41) is 0. The highest BCUT2D eigenvalue weighted by molar-refractivity contribution is 14.2. The van der Waals surface area contributed by atoms with Crippen LogP contribution in [0.1, 0.15) is 6.42 Å². The van der Waals surface area contributed by atoms with E-state index in [0.717, 1.165) is 6.42 Å². The summed E-state index contributed by atoms with van der Waals surface area (Å²) in [7, 11) is 0. The van der Waals surface area contributed by atoms with Crippen LogP contribution < -0.4 is 0 Å². The van der Waals surface area contributed by atoms with Crippen molar-refractivity contribution in [3.05, 3.63) is 24.3 Å². The molecule has 0 nitrogen and oxygen atoms in total. The Bertz CT molecular complexity index is 133. The number of rotatable bonds is 0. The zero-order valence-electron chi connectivity index (χ0n) is 4.27. The molecule has 0 spiro atoms. The van der Waals surface area contributed by atoms with Crippen molar-refractivity contribution in [1.82, 2.24) is 0 Å². The summed E-state index contributed by atoms with van der Waals surface area (Å²) >= 11 is 4.88. The first-order valence-electron chi connectivity index (χ1n) is 2.43. The van der Waals surface area contributed by atoms with Crippen LogP contribution >= 0.6 is 45.2 Å². The maximum Gasteiger partial charge on any atom is 0.0950 e. The number of allylic oxidation sites excluding steroid dienone is 4. The molecule has 0 aromatic heterocycles. The highest BCUT2D eigenvalue weighted by atomic mass is 127. The SMILES string of the molecule is IC1(I)C=CC=CC1. The molecule has 44 valence electrons. The van der Waals surface area contributed by atoms with Crippen molar-refractivity contribution in [3.63, 3.8) is 0 Å². The minimum absolute atomic E-state index is 0.351. The zero-order valence-corrected chi connectivity index (χ0v) is 8.59. The lowest BCUT2D eigenvalue weighted by Crippen LogP contribution is -2.05. The van der Waals surface area contributed by atoms with Gasteiger partial charge in [-0.15, -0.1) is 0 Å². The molecule has 0 saturated heterocycles. The molecule has 0 unspecified atom stereocenters. The molecule has 1 rings (SSSR count). The Morgan fingerprint density at radius 2 is 2.00 bits per heavy atom. The normalized spacial score (nSPS) is 23.8. The Morgan fingerprint density at radius 3 is 2.25 bits per heavy atom. The molecule has 0 saturated carbocycles. The first-order chi connectivity index (χ1) is 3.71. The molecule has 0 N–H and O–H groups in total. The van der Waals surface area contributed by atoms with Gasteiger partial charge in [0.05, 0.1) is 1.43 Å². The third-order valence-corrected chi connectivity index (χ3v) is 2.58. The monoisotopic (exact) mass is 332 g/mol. The summed E-state index contributed by atoms with van der Waals surface area (Å²) in [6.45, 7) is 0. The molecule has 0 heterocycles. The smallest absolute Gasteiger partial charge is 0.0821 e. The lowest BCUT2D eigenvalue weighted by molar-refractivity contribution is 1.06. The van der Waals surface area contributed by atoms with Crippen molar-refractivity contribution in [2.45, 2.75) is 7.85 Å². The Hall–Kier alpha value is 0.940. The second kappa shape index (κ2) is 2.68. The number of hydrogen-bond acceptors (Lipinski definition) is 0. The van der Waals surface area contributed by atoms with Gasteiger partial charge in [0, 0.05) is 0 Å². The fourth-order valence-corrected chi connectivity index (χ4v) is 1.49. The van der Waals surface area contributed by atoms with E-state index in [0.29, 0.717) is 1.43 Å². The lowest BCUT2D eigenvalue weighted by Gasteiger charge is -2.14. The Balaban J connectivity index is 2.65. The van der Waals surface area contributed by atoms with Crippen LogP contribution in [0.4, 0.5) is 0 Å². The molecule has 0 amide bonds. The van der Waals surface area contributed by atoms with Gasteiger partial charge in [-0.3, -0.25) is 0 Å². The van der Waals surface area contributed by atoms with Crippen molar-refractivity contribution < 1.29 is 0 Å². The largest absolute Gasteiger partial charge is 0.0950 e. The molecule has 0 aliphatic heterocycles. The second-order valence-electron chi connectivity index (χ2n) is 1.75. The van der Waals surface area contributed by atoms with Crippen LogP contribution in [0.15, 0.2) is 24.3 Å². The van der Waals surface area contributed by atoms with E-state index in [2.05, 4.69) is 69.5 Å². The predicted molar refractivity (Wildman–Crippen MR) is 53.7 cm³/mol. The average molecular weight is 332 g/mol. The molecule has 0 aromatic rings. The van der Waals surface area contributed by atoms with Crippen LogP contribution in [0.25, 0.3) is 0 Å². The first-order valence-corrected chi connectivity index (χ1v) is 4.59. The molecule has 0 fully saturated rings. The average Bonchev–Trinajstić information content (AvgIpc) is 1.65. The van der Waals surface area contributed by atoms with Gasteiger partial charge < -0.3 is 0 Å². The molecule has 0 aromatic carbocycles. The first kappa shape index (κ1) is 7.05. The highest BCUT2D eigenvalue weighted by Gasteiger charge is 2.16. The fraction of sp³-hybridized carbons (Fsp3) is 0.333. The van der Waals surface area contributed by atoms with E-state index in [-0.39, 0.29) is 0 Å². The third-order valence-electron chi connectivity index (χ3n) is 0.977. The van der Waals surface area contributed by atoms with Gasteiger partial charge in [0.2, 0.25) is 0 Å². The van der Waals surface area contributed by atoms with Gasteiger partial charge in [-0.25, -0.2) is 0 Å². The minimum atomic E-state index is 0.351. The summed E-state index contributed by atoms with van der Waals surface area (Å²) < 4.78 is 0.351. The van der Waals surface area contributed by atoms with Gasteiger partial charge in [-0.1, -0.05) is 69.5 Å². The molecular formula is C6H6I2. The lowest BCUT2D eigenvalue weighted by atomic mass is 10.2. The Morgan fingerprint density at radius 1 is 1.25 bits per heavy atom. The van der Waals surface area contributed by atoms with Gasteiger partial charge in [0.15, 0.2) is 0 Å². The van der Waals surface area contributed by atoms with E-state index in [4.69, 9.17) is 0 Å². The number of alkyl halides is 2. The molecule has 1 aliphatic rings. The van der Waals surface area contributed by atoms with Crippen molar-refractivity contribution in [2.24, 2.45) is 0 Å². The Labute approximate surface area is 76.7 Å². The molecular weight excluding hydrogens is 326 g/mol. The molecule has 1 aliphatic carbocycles. The number of halogens is 2. The maximum atomic E-state index is 2.44. The van der Waals surface area contributed by atoms with Gasteiger partial charge in [-0.2, -0.15) is 0 Å². The van der Waals surface area contributed by atoms with Crippen molar-refractivity contribution in [3.8, 4) is 0 Å². The van der Waals surface area contributed by atoms with Crippen LogP contribution in [0, 0.1) is 0 Å². The van der Waals surface area contributed by atoms with E-state index >= 15 is 0 Å². The standard InChI is InChI=1S/C6H6I2/c7-6(8)4-2-1-3-5-6/h1-4H,5H2. The van der Waals surface area contributed by atoms with Crippen LogP contribution in [0.2, 0.25) is 0 Å². The van der Waals surface area contributed by atoms with Crippen LogP contribution in [-0.2, 0) is 0 Å². The van der Waals surface area contributed by atoms with E-state index in [1.165, 1.54) is 0 Å². The third kappa shape index (κ3) is 2.05. The molecule has 0 radical (unpaired) electrons. The predicted octanol–water partition coefficient (Wildman–Crippen LogP) is 3.07. The quantitative estimate of drug-likeness (QED) is 0.473. The summed E-state index contributed by atoms with van der Waals surface area (Å²) in [5.41, 5.74) is 0. The van der Waals surface area contributed by atoms with Crippen molar-refractivity contribution >= 4 is 45.2 Å². The van der Waals surface area contributed by atoms with Gasteiger partial charge in [0.25, 0.3) is 0 Å². The molecule has 0 atom stereocenters. The summed E-state index contributed by atoms with van der Waals surface area (Å²) in [6, 6.07) is 0. The van der Waals surface area contributed by atoms with Gasteiger partial charge in [0.1, 0.15) is 0 Å². The molecule has 2 heteroatoms. The summed E-state index contributed by atoms with van der Waals surface area (Å²) in [6.07, 6.45) is 9.76. The molecule has 0 bridgehead atoms. The van der Waals surface area contributed by atoms with E-state index in [1.807, 2.05) is 0 Å². The fourth-order valence-electron chi connectivity index (χ4n) is 0.568. The van der Waals surface area contributed by atoms with Crippen LogP contribution in [0.3, 0.4) is 0 Å². The maximum absolute atomic E-state index is 2.44. The Kier molecular flexibility index (Phi) is 2.36. The second-order valence-corrected chi connectivity index (χ2v) is 7.67. The topological polar surface area (TPSA) is 0 Å². The zero-order chi connectivity index (χ0) is 6.04. The molecule has 8 heavy (non-hydrogen) atoms. The summed E-state index contributed by atoms with van der Waals surface area (Å²) in [4.78, 5) is 0.